The van der Waals surface area contributed by atoms with Crippen LogP contribution in [0.15, 0.2) is 48.5 Å². The molecule has 3 rings (SSSR count). The zero-order chi connectivity index (χ0) is 19.2. The van der Waals surface area contributed by atoms with Gasteiger partial charge in [0.1, 0.15) is 0 Å². The largest absolute Gasteiger partial charge is 0.455 e. The number of nitrogens with zero attached hydrogens (tertiary/aromatic N) is 1. The molecule has 1 N–H and O–H groups in total. The maximum absolute atomic E-state index is 12.2. The van der Waals surface area contributed by atoms with Crippen LogP contribution in [0, 0.1) is 6.92 Å². The van der Waals surface area contributed by atoms with E-state index in [1.165, 1.54) is 0 Å². The molecule has 2 amide bonds. The molecule has 27 heavy (non-hydrogen) atoms. The molecule has 0 saturated carbocycles. The Morgan fingerprint density at radius 3 is 2.59 bits per heavy atom. The maximum Gasteiger partial charge on any atom is 0.310 e. The van der Waals surface area contributed by atoms with E-state index < -0.39 is 11.9 Å². The highest BCUT2D eigenvalue weighted by Gasteiger charge is 2.24. The van der Waals surface area contributed by atoms with E-state index in [4.69, 9.17) is 4.74 Å². The number of rotatable bonds is 6. The van der Waals surface area contributed by atoms with E-state index in [0.717, 1.165) is 17.5 Å². The molecule has 1 aliphatic rings. The van der Waals surface area contributed by atoms with Gasteiger partial charge in [-0.05, 0) is 36.6 Å². The minimum absolute atomic E-state index is 0.0429. The fourth-order valence-electron chi connectivity index (χ4n) is 3.06. The molecule has 1 aliphatic heterocycles. The van der Waals surface area contributed by atoms with Crippen molar-refractivity contribution in [2.75, 3.05) is 23.4 Å². The van der Waals surface area contributed by atoms with E-state index in [9.17, 15) is 14.4 Å². The van der Waals surface area contributed by atoms with Gasteiger partial charge >= 0.3 is 5.97 Å². The molecular weight excluding hydrogens is 344 g/mol. The maximum atomic E-state index is 12.2. The lowest BCUT2D eigenvalue weighted by Gasteiger charge is -2.19. The molecule has 0 radical (unpaired) electrons. The summed E-state index contributed by atoms with van der Waals surface area (Å²) in [7, 11) is 0. The molecule has 6 heteroatoms. The highest BCUT2D eigenvalue weighted by molar-refractivity contribution is 6.02. The number of benzene rings is 2. The third kappa shape index (κ3) is 4.73. The molecule has 0 aliphatic carbocycles. The Labute approximate surface area is 158 Å². The van der Waals surface area contributed by atoms with Crippen LogP contribution in [-0.2, 0) is 25.5 Å². The van der Waals surface area contributed by atoms with Gasteiger partial charge in [0.15, 0.2) is 6.61 Å². The summed E-state index contributed by atoms with van der Waals surface area (Å²) in [5, 5.41) is 2.73. The van der Waals surface area contributed by atoms with Gasteiger partial charge in [-0.15, -0.1) is 0 Å². The van der Waals surface area contributed by atoms with Crippen LogP contribution in [0.25, 0.3) is 0 Å². The smallest absolute Gasteiger partial charge is 0.310 e. The molecule has 1 fully saturated rings. The van der Waals surface area contributed by atoms with Crippen LogP contribution in [0.4, 0.5) is 11.4 Å². The Hall–Kier alpha value is -3.15. The molecule has 1 heterocycles. The molecule has 2 aromatic carbocycles. The predicted octanol–water partition coefficient (Wildman–Crippen LogP) is 2.85. The molecule has 0 spiro atoms. The molecule has 0 bridgehead atoms. The second kappa shape index (κ2) is 8.49. The molecule has 140 valence electrons. The number of carbonyl (C=O) groups excluding carboxylic acids is 3. The van der Waals surface area contributed by atoms with Gasteiger partial charge in [-0.2, -0.15) is 0 Å². The SMILES string of the molecule is Cc1ccccc1CC(=O)OCC(=O)Nc1ccccc1N1CCCC1=O. The number of ether oxygens (including phenoxy) is 1. The summed E-state index contributed by atoms with van der Waals surface area (Å²) in [5.74, 6) is -0.851. The fourth-order valence-corrected chi connectivity index (χ4v) is 3.06. The van der Waals surface area contributed by atoms with Crippen LogP contribution in [0.1, 0.15) is 24.0 Å². The van der Waals surface area contributed by atoms with E-state index in [0.29, 0.717) is 24.3 Å². The summed E-state index contributed by atoms with van der Waals surface area (Å²) in [6.07, 6.45) is 1.44. The summed E-state index contributed by atoms with van der Waals surface area (Å²) in [4.78, 5) is 37.8. The van der Waals surface area contributed by atoms with E-state index in [-0.39, 0.29) is 18.9 Å². The third-order valence-corrected chi connectivity index (χ3v) is 4.50. The van der Waals surface area contributed by atoms with Crippen molar-refractivity contribution < 1.29 is 19.1 Å². The first kappa shape index (κ1) is 18.6. The Morgan fingerprint density at radius 2 is 1.85 bits per heavy atom. The first-order valence-electron chi connectivity index (χ1n) is 8.94. The van der Waals surface area contributed by atoms with E-state index >= 15 is 0 Å². The van der Waals surface area contributed by atoms with Crippen LogP contribution in [-0.4, -0.2) is 30.9 Å². The van der Waals surface area contributed by atoms with Gasteiger partial charge in [-0.25, -0.2) is 0 Å². The number of carbonyl (C=O) groups is 3. The van der Waals surface area contributed by atoms with Crippen LogP contribution in [0.3, 0.4) is 0 Å². The standard InChI is InChI=1S/C21H22N2O4/c1-15-7-2-3-8-16(15)13-21(26)27-14-19(24)22-17-9-4-5-10-18(17)23-12-6-11-20(23)25/h2-5,7-10H,6,11-14H2,1H3,(H,22,24). The number of esters is 1. The molecule has 0 aromatic heterocycles. The Kier molecular flexibility index (Phi) is 5.86. The predicted molar refractivity (Wildman–Crippen MR) is 103 cm³/mol. The third-order valence-electron chi connectivity index (χ3n) is 4.50. The highest BCUT2D eigenvalue weighted by atomic mass is 16.5. The van der Waals surface area contributed by atoms with Crippen molar-refractivity contribution >= 4 is 29.2 Å². The average Bonchev–Trinajstić information content (AvgIpc) is 3.08. The van der Waals surface area contributed by atoms with Gasteiger partial charge in [0.25, 0.3) is 5.91 Å². The van der Waals surface area contributed by atoms with Crippen molar-refractivity contribution in [1.82, 2.24) is 0 Å². The lowest BCUT2D eigenvalue weighted by Crippen LogP contribution is -2.27. The number of hydrogen-bond donors (Lipinski definition) is 1. The molecule has 6 nitrogen and oxygen atoms in total. The summed E-state index contributed by atoms with van der Waals surface area (Å²) in [6, 6.07) is 14.7. The number of para-hydroxylation sites is 2. The number of amides is 2. The first-order valence-corrected chi connectivity index (χ1v) is 8.94. The number of anilines is 2. The molecule has 1 saturated heterocycles. The van der Waals surface area contributed by atoms with Gasteiger partial charge in [-0.3, -0.25) is 14.4 Å². The quantitative estimate of drug-likeness (QED) is 0.798. The van der Waals surface area contributed by atoms with Gasteiger partial charge in [0, 0.05) is 13.0 Å². The van der Waals surface area contributed by atoms with E-state index in [1.807, 2.05) is 37.3 Å². The van der Waals surface area contributed by atoms with Crippen LogP contribution in [0.2, 0.25) is 0 Å². The second-order valence-corrected chi connectivity index (χ2v) is 6.48. The second-order valence-electron chi connectivity index (χ2n) is 6.48. The van der Waals surface area contributed by atoms with Crippen molar-refractivity contribution in [3.05, 3.63) is 59.7 Å². The van der Waals surface area contributed by atoms with Crippen LogP contribution in [0.5, 0.6) is 0 Å². The highest BCUT2D eigenvalue weighted by Crippen LogP contribution is 2.29. The van der Waals surface area contributed by atoms with Crippen LogP contribution >= 0.6 is 0 Å². The van der Waals surface area contributed by atoms with Gasteiger partial charge in [0.05, 0.1) is 17.8 Å². The molecule has 0 atom stereocenters. The van der Waals surface area contributed by atoms with Crippen molar-refractivity contribution in [2.24, 2.45) is 0 Å². The van der Waals surface area contributed by atoms with E-state index in [1.54, 1.807) is 23.1 Å². The summed E-state index contributed by atoms with van der Waals surface area (Å²) < 4.78 is 5.09. The zero-order valence-electron chi connectivity index (χ0n) is 15.2. The summed E-state index contributed by atoms with van der Waals surface area (Å²) >= 11 is 0. The summed E-state index contributed by atoms with van der Waals surface area (Å²) in [5.41, 5.74) is 3.08. The fraction of sp³-hybridized carbons (Fsp3) is 0.286. The Bertz CT molecular complexity index is 863. The normalized spacial score (nSPS) is 13.5. The molecular formula is C21H22N2O4. The van der Waals surface area contributed by atoms with Crippen molar-refractivity contribution in [2.45, 2.75) is 26.2 Å². The van der Waals surface area contributed by atoms with Gasteiger partial charge in [0.2, 0.25) is 5.91 Å². The monoisotopic (exact) mass is 366 g/mol. The number of aryl methyl sites for hydroxylation is 1. The molecule has 2 aromatic rings. The zero-order valence-corrected chi connectivity index (χ0v) is 15.2. The minimum Gasteiger partial charge on any atom is -0.455 e. The van der Waals surface area contributed by atoms with Crippen LogP contribution < -0.4 is 10.2 Å². The lowest BCUT2D eigenvalue weighted by molar-refractivity contribution is -0.146. The summed E-state index contributed by atoms with van der Waals surface area (Å²) in [6.45, 7) is 2.19. The number of nitrogens with one attached hydrogen (secondary N) is 1. The van der Waals surface area contributed by atoms with Crippen molar-refractivity contribution in [1.29, 1.82) is 0 Å². The van der Waals surface area contributed by atoms with E-state index in [2.05, 4.69) is 5.32 Å². The van der Waals surface area contributed by atoms with Gasteiger partial charge < -0.3 is 15.0 Å². The first-order chi connectivity index (χ1) is 13.0. The van der Waals surface area contributed by atoms with Gasteiger partial charge in [-0.1, -0.05) is 36.4 Å². The molecule has 0 unspecified atom stereocenters. The Morgan fingerprint density at radius 1 is 1.11 bits per heavy atom. The number of hydrogen-bond acceptors (Lipinski definition) is 4. The average molecular weight is 366 g/mol. The minimum atomic E-state index is -0.456. The Balaban J connectivity index is 1.56. The van der Waals surface area contributed by atoms with Crippen molar-refractivity contribution in [3.63, 3.8) is 0 Å². The topological polar surface area (TPSA) is 75.7 Å². The lowest BCUT2D eigenvalue weighted by atomic mass is 10.1. The van der Waals surface area contributed by atoms with Crippen molar-refractivity contribution in [3.8, 4) is 0 Å².